The monoisotopic (exact) mass is 253 g/mol. The van der Waals surface area contributed by atoms with Crippen molar-refractivity contribution < 1.29 is 9.53 Å². The fourth-order valence-corrected chi connectivity index (χ4v) is 1.82. The van der Waals surface area contributed by atoms with Gasteiger partial charge in [-0.15, -0.1) is 11.3 Å². The van der Waals surface area contributed by atoms with Gasteiger partial charge in [-0.2, -0.15) is 0 Å². The second-order valence-electron chi connectivity index (χ2n) is 3.91. The number of nitrogens with one attached hydrogen (secondary N) is 1. The summed E-state index contributed by atoms with van der Waals surface area (Å²) in [4.78, 5) is 12.5. The van der Waals surface area contributed by atoms with Crippen molar-refractivity contribution in [3.63, 3.8) is 0 Å². The zero-order valence-electron chi connectivity index (χ0n) is 10.3. The summed E-state index contributed by atoms with van der Waals surface area (Å²) in [5.41, 5.74) is 0. The summed E-state index contributed by atoms with van der Waals surface area (Å²) in [6.45, 7) is 5.34. The first-order valence-electron chi connectivity index (χ1n) is 5.79. The standard InChI is InChI=1S/C13H19NO2S/c1-11(2)16-9-4-8-14-13(15)7-6-12-5-3-10-17-12/h3,5-7,10-11H,4,8-9H2,1-2H3,(H,14,15)/b7-6+. The molecular formula is C13H19NO2S. The van der Waals surface area contributed by atoms with Gasteiger partial charge in [-0.1, -0.05) is 6.07 Å². The molecule has 0 aliphatic rings. The Labute approximate surface area is 106 Å². The molecule has 0 saturated heterocycles. The molecule has 3 nitrogen and oxygen atoms in total. The van der Waals surface area contributed by atoms with Crippen molar-refractivity contribution in [2.45, 2.75) is 26.4 Å². The Kier molecular flexibility index (Phi) is 6.58. The summed E-state index contributed by atoms with van der Waals surface area (Å²) in [7, 11) is 0. The van der Waals surface area contributed by atoms with E-state index in [1.807, 2.05) is 37.4 Å². The predicted octanol–water partition coefficient (Wildman–Crippen LogP) is 2.69. The van der Waals surface area contributed by atoms with Crippen molar-refractivity contribution in [2.75, 3.05) is 13.2 Å². The number of amides is 1. The lowest BCUT2D eigenvalue weighted by Gasteiger charge is -2.07. The highest BCUT2D eigenvalue weighted by molar-refractivity contribution is 7.10. The predicted molar refractivity (Wildman–Crippen MR) is 72.1 cm³/mol. The largest absolute Gasteiger partial charge is 0.379 e. The minimum absolute atomic E-state index is 0.0528. The molecule has 0 aliphatic heterocycles. The van der Waals surface area contributed by atoms with E-state index in [0.29, 0.717) is 13.2 Å². The van der Waals surface area contributed by atoms with Crippen LogP contribution >= 0.6 is 11.3 Å². The number of thiophene rings is 1. The molecule has 1 heterocycles. The second-order valence-corrected chi connectivity index (χ2v) is 4.89. The third-order valence-corrected chi connectivity index (χ3v) is 2.85. The summed E-state index contributed by atoms with van der Waals surface area (Å²) in [5, 5.41) is 4.80. The van der Waals surface area contributed by atoms with Crippen molar-refractivity contribution in [1.29, 1.82) is 0 Å². The summed E-state index contributed by atoms with van der Waals surface area (Å²) < 4.78 is 5.37. The minimum atomic E-state index is -0.0528. The Bertz CT molecular complexity index is 344. The maximum Gasteiger partial charge on any atom is 0.244 e. The molecule has 17 heavy (non-hydrogen) atoms. The number of ether oxygens (including phenoxy) is 1. The van der Waals surface area contributed by atoms with Gasteiger partial charge in [0.05, 0.1) is 6.10 Å². The van der Waals surface area contributed by atoms with Gasteiger partial charge < -0.3 is 10.1 Å². The van der Waals surface area contributed by atoms with E-state index >= 15 is 0 Å². The lowest BCUT2D eigenvalue weighted by molar-refractivity contribution is -0.116. The smallest absolute Gasteiger partial charge is 0.244 e. The van der Waals surface area contributed by atoms with Gasteiger partial charge in [0, 0.05) is 24.1 Å². The maximum absolute atomic E-state index is 11.4. The zero-order valence-corrected chi connectivity index (χ0v) is 11.1. The van der Waals surface area contributed by atoms with Crippen molar-refractivity contribution >= 4 is 23.3 Å². The van der Waals surface area contributed by atoms with E-state index in [1.54, 1.807) is 17.4 Å². The molecule has 1 amide bonds. The molecule has 1 aromatic heterocycles. The minimum Gasteiger partial charge on any atom is -0.379 e. The van der Waals surface area contributed by atoms with Crippen LogP contribution in [0, 0.1) is 0 Å². The molecule has 0 atom stereocenters. The molecule has 0 spiro atoms. The van der Waals surface area contributed by atoms with Crippen LogP contribution in [0.2, 0.25) is 0 Å². The lowest BCUT2D eigenvalue weighted by Crippen LogP contribution is -2.23. The van der Waals surface area contributed by atoms with E-state index in [1.165, 1.54) is 0 Å². The molecular weight excluding hydrogens is 234 g/mol. The molecule has 94 valence electrons. The molecule has 0 radical (unpaired) electrons. The van der Waals surface area contributed by atoms with Gasteiger partial charge in [0.25, 0.3) is 0 Å². The summed E-state index contributed by atoms with van der Waals surface area (Å²) >= 11 is 1.61. The van der Waals surface area contributed by atoms with Crippen LogP contribution in [0.1, 0.15) is 25.1 Å². The van der Waals surface area contributed by atoms with Crippen LogP contribution in [0.25, 0.3) is 6.08 Å². The summed E-state index contributed by atoms with van der Waals surface area (Å²) in [6.07, 6.45) is 4.49. The topological polar surface area (TPSA) is 38.3 Å². The van der Waals surface area contributed by atoms with Gasteiger partial charge in [-0.25, -0.2) is 0 Å². The van der Waals surface area contributed by atoms with E-state index < -0.39 is 0 Å². The molecule has 1 rings (SSSR count). The van der Waals surface area contributed by atoms with E-state index in [0.717, 1.165) is 11.3 Å². The average Bonchev–Trinajstić information content (AvgIpc) is 2.78. The number of rotatable bonds is 7. The molecule has 0 bridgehead atoms. The third kappa shape index (κ3) is 6.92. The van der Waals surface area contributed by atoms with Crippen molar-refractivity contribution in [3.05, 3.63) is 28.5 Å². The van der Waals surface area contributed by atoms with Crippen LogP contribution in [0.5, 0.6) is 0 Å². The molecule has 1 aromatic rings. The normalized spacial score (nSPS) is 11.2. The molecule has 1 N–H and O–H groups in total. The number of hydrogen-bond acceptors (Lipinski definition) is 3. The maximum atomic E-state index is 11.4. The number of hydrogen-bond donors (Lipinski definition) is 1. The number of carbonyl (C=O) groups excluding carboxylic acids is 1. The first kappa shape index (κ1) is 13.9. The summed E-state index contributed by atoms with van der Waals surface area (Å²) in [5.74, 6) is -0.0528. The second kappa shape index (κ2) is 8.03. The molecule has 0 aromatic carbocycles. The third-order valence-electron chi connectivity index (χ3n) is 2.01. The first-order chi connectivity index (χ1) is 8.18. The van der Waals surface area contributed by atoms with Crippen LogP contribution in [0.3, 0.4) is 0 Å². The van der Waals surface area contributed by atoms with Crippen LogP contribution in [-0.4, -0.2) is 25.2 Å². The highest BCUT2D eigenvalue weighted by Crippen LogP contribution is 2.09. The highest BCUT2D eigenvalue weighted by atomic mass is 32.1. The van der Waals surface area contributed by atoms with E-state index in [4.69, 9.17) is 4.74 Å². The molecule has 0 fully saturated rings. The van der Waals surface area contributed by atoms with Crippen LogP contribution in [-0.2, 0) is 9.53 Å². The quantitative estimate of drug-likeness (QED) is 0.599. The van der Waals surface area contributed by atoms with Crippen LogP contribution < -0.4 is 5.32 Å². The van der Waals surface area contributed by atoms with E-state index in [2.05, 4.69) is 5.32 Å². The Balaban J connectivity index is 2.09. The number of carbonyl (C=O) groups is 1. The Morgan fingerprint density at radius 2 is 2.41 bits per heavy atom. The van der Waals surface area contributed by atoms with Gasteiger partial charge in [0.15, 0.2) is 0 Å². The zero-order chi connectivity index (χ0) is 12.5. The van der Waals surface area contributed by atoms with E-state index in [9.17, 15) is 4.79 Å². The van der Waals surface area contributed by atoms with Gasteiger partial charge in [-0.05, 0) is 37.8 Å². The van der Waals surface area contributed by atoms with Crippen LogP contribution in [0.4, 0.5) is 0 Å². The SMILES string of the molecule is CC(C)OCCCNC(=O)/C=C/c1cccs1. The Hall–Kier alpha value is -1.13. The van der Waals surface area contributed by atoms with Crippen molar-refractivity contribution in [3.8, 4) is 0 Å². The fourth-order valence-electron chi connectivity index (χ4n) is 1.21. The van der Waals surface area contributed by atoms with Crippen LogP contribution in [0.15, 0.2) is 23.6 Å². The van der Waals surface area contributed by atoms with Gasteiger partial charge in [0.1, 0.15) is 0 Å². The van der Waals surface area contributed by atoms with Gasteiger partial charge in [0.2, 0.25) is 5.91 Å². The molecule has 0 aliphatic carbocycles. The highest BCUT2D eigenvalue weighted by Gasteiger charge is 1.96. The Morgan fingerprint density at radius 3 is 3.06 bits per heavy atom. The van der Waals surface area contributed by atoms with Crippen molar-refractivity contribution in [2.24, 2.45) is 0 Å². The summed E-state index contributed by atoms with van der Waals surface area (Å²) in [6, 6.07) is 3.94. The van der Waals surface area contributed by atoms with Gasteiger partial charge >= 0.3 is 0 Å². The van der Waals surface area contributed by atoms with Gasteiger partial charge in [-0.3, -0.25) is 4.79 Å². The molecule has 4 heteroatoms. The fraction of sp³-hybridized carbons (Fsp3) is 0.462. The molecule has 0 saturated carbocycles. The van der Waals surface area contributed by atoms with E-state index in [-0.39, 0.29) is 12.0 Å². The van der Waals surface area contributed by atoms with Crippen molar-refractivity contribution in [1.82, 2.24) is 5.32 Å². The molecule has 0 unspecified atom stereocenters. The lowest BCUT2D eigenvalue weighted by atomic mass is 10.4. The Morgan fingerprint density at radius 1 is 1.59 bits per heavy atom. The first-order valence-corrected chi connectivity index (χ1v) is 6.67. The average molecular weight is 253 g/mol.